The molecule has 0 saturated heterocycles. The summed E-state index contributed by atoms with van der Waals surface area (Å²) in [4.78, 5) is 18.2. The van der Waals surface area contributed by atoms with Gasteiger partial charge < -0.3 is 4.57 Å². The highest BCUT2D eigenvalue weighted by molar-refractivity contribution is 7.92. The normalized spacial score (nSPS) is 12.1. The maximum absolute atomic E-state index is 13.2. The topological polar surface area (TPSA) is 80.5 Å². The van der Waals surface area contributed by atoms with E-state index < -0.39 is 15.9 Å². The molecule has 1 amide bonds. The number of thiazole rings is 1. The monoisotopic (exact) mass is 511 g/mol. The van der Waals surface area contributed by atoms with Crippen molar-refractivity contribution in [3.63, 3.8) is 0 Å². The molecule has 6 nitrogen and oxygen atoms in total. The molecule has 0 atom stereocenters. The molecule has 4 rings (SSSR count). The molecule has 0 radical (unpaired) electrons. The Labute approximate surface area is 206 Å². The average molecular weight is 512 g/mol. The Kier molecular flexibility index (Phi) is 6.74. The van der Waals surface area contributed by atoms with Crippen molar-refractivity contribution in [3.8, 4) is 0 Å². The van der Waals surface area contributed by atoms with E-state index >= 15 is 0 Å². The van der Waals surface area contributed by atoms with E-state index in [1.807, 2.05) is 30.5 Å². The van der Waals surface area contributed by atoms with Gasteiger partial charge in [0.2, 0.25) is 0 Å². The zero-order chi connectivity index (χ0) is 24.5. The summed E-state index contributed by atoms with van der Waals surface area (Å²) >= 11 is 7.67. The van der Waals surface area contributed by atoms with Gasteiger partial charge in [-0.3, -0.25) is 9.52 Å². The molecule has 1 heterocycles. The number of nitrogens with zero attached hydrogens (tertiary/aromatic N) is 2. The van der Waals surface area contributed by atoms with Gasteiger partial charge in [-0.25, -0.2) is 8.42 Å². The molecule has 0 aliphatic carbocycles. The number of sulfonamides is 1. The molecule has 4 aromatic rings. The average Bonchev–Trinajstić information content (AvgIpc) is 3.14. The predicted octanol–water partition coefficient (Wildman–Crippen LogP) is 5.70. The lowest BCUT2D eigenvalue weighted by Gasteiger charge is -2.11. The number of nitrogens with one attached hydrogen (secondary N) is 1. The van der Waals surface area contributed by atoms with Crippen LogP contribution in [-0.2, 0) is 16.6 Å². The van der Waals surface area contributed by atoms with E-state index in [-0.39, 0.29) is 16.1 Å². The van der Waals surface area contributed by atoms with E-state index in [0.29, 0.717) is 16.4 Å². The lowest BCUT2D eigenvalue weighted by molar-refractivity contribution is 0.0998. The first kappa shape index (κ1) is 23.9. The van der Waals surface area contributed by atoms with Crippen LogP contribution < -0.4 is 9.52 Å². The Balaban J connectivity index is 1.78. The van der Waals surface area contributed by atoms with Crippen molar-refractivity contribution in [2.45, 2.75) is 25.3 Å². The van der Waals surface area contributed by atoms with E-state index in [2.05, 4.69) is 16.3 Å². The third-order valence-electron chi connectivity index (χ3n) is 5.27. The van der Waals surface area contributed by atoms with Gasteiger partial charge in [-0.1, -0.05) is 58.8 Å². The van der Waals surface area contributed by atoms with Crippen molar-refractivity contribution in [1.29, 1.82) is 0 Å². The summed E-state index contributed by atoms with van der Waals surface area (Å²) < 4.78 is 31.1. The van der Waals surface area contributed by atoms with Gasteiger partial charge in [0, 0.05) is 11.6 Å². The number of hydrogen-bond donors (Lipinski definition) is 1. The van der Waals surface area contributed by atoms with E-state index in [1.165, 1.54) is 23.5 Å². The molecule has 0 aliphatic rings. The maximum Gasteiger partial charge on any atom is 0.281 e. The zero-order valence-corrected chi connectivity index (χ0v) is 21.0. The molecule has 0 aliphatic heterocycles. The van der Waals surface area contributed by atoms with Crippen molar-refractivity contribution in [3.05, 3.63) is 99.8 Å². The number of carbonyl (C=O) groups excluding carboxylic acids is 1. The van der Waals surface area contributed by atoms with Crippen molar-refractivity contribution in [2.75, 3.05) is 4.72 Å². The SMILES string of the molecule is C=CCn1c(=NC(=O)c2ccccc2NS(=O)(=O)c2ccc(C)cc2)sc2ccc(Cl)c(C)c21. The summed E-state index contributed by atoms with van der Waals surface area (Å²) in [7, 11) is -3.88. The van der Waals surface area contributed by atoms with Crippen LogP contribution in [0.4, 0.5) is 5.69 Å². The van der Waals surface area contributed by atoms with Crippen LogP contribution in [0.1, 0.15) is 21.5 Å². The molecule has 1 N–H and O–H groups in total. The lowest BCUT2D eigenvalue weighted by atomic mass is 10.2. The Morgan fingerprint density at radius 2 is 1.82 bits per heavy atom. The Morgan fingerprint density at radius 1 is 1.12 bits per heavy atom. The van der Waals surface area contributed by atoms with Crippen LogP contribution in [0.2, 0.25) is 5.02 Å². The molecule has 0 bridgehead atoms. The van der Waals surface area contributed by atoms with Crippen molar-refractivity contribution >= 4 is 54.8 Å². The molecular weight excluding hydrogens is 490 g/mol. The van der Waals surface area contributed by atoms with Crippen LogP contribution >= 0.6 is 22.9 Å². The minimum absolute atomic E-state index is 0.109. The highest BCUT2D eigenvalue weighted by Gasteiger charge is 2.19. The smallest absolute Gasteiger partial charge is 0.281 e. The summed E-state index contributed by atoms with van der Waals surface area (Å²) in [6, 6.07) is 16.6. The van der Waals surface area contributed by atoms with Crippen LogP contribution in [0.3, 0.4) is 0 Å². The van der Waals surface area contributed by atoms with Crippen molar-refractivity contribution in [1.82, 2.24) is 4.57 Å². The summed E-state index contributed by atoms with van der Waals surface area (Å²) in [5, 5.41) is 0.622. The van der Waals surface area contributed by atoms with Crippen LogP contribution in [0.15, 0.2) is 83.2 Å². The largest absolute Gasteiger partial charge is 0.312 e. The Hall–Kier alpha value is -3.20. The van der Waals surface area contributed by atoms with Gasteiger partial charge in [-0.2, -0.15) is 4.99 Å². The number of halogens is 1. The number of hydrogen-bond acceptors (Lipinski definition) is 4. The van der Waals surface area contributed by atoms with Gasteiger partial charge in [-0.05, 0) is 55.8 Å². The third kappa shape index (κ3) is 4.70. The molecule has 0 unspecified atom stereocenters. The quantitative estimate of drug-likeness (QED) is 0.337. The summed E-state index contributed by atoms with van der Waals surface area (Å²) in [6.07, 6.45) is 1.72. The molecule has 1 aromatic heterocycles. The van der Waals surface area contributed by atoms with Crippen LogP contribution in [0.5, 0.6) is 0 Å². The number of aryl methyl sites for hydroxylation is 2. The fourth-order valence-corrected chi connectivity index (χ4v) is 5.86. The third-order valence-corrected chi connectivity index (χ3v) is 8.11. The van der Waals surface area contributed by atoms with E-state index in [4.69, 9.17) is 11.6 Å². The van der Waals surface area contributed by atoms with E-state index in [1.54, 1.807) is 42.5 Å². The lowest BCUT2D eigenvalue weighted by Crippen LogP contribution is -2.18. The molecule has 9 heteroatoms. The second-order valence-corrected chi connectivity index (χ2v) is 10.8. The number of carbonyl (C=O) groups is 1. The first-order chi connectivity index (χ1) is 16.2. The van der Waals surface area contributed by atoms with Gasteiger partial charge in [0.1, 0.15) is 0 Å². The summed E-state index contributed by atoms with van der Waals surface area (Å²) in [5.74, 6) is -0.560. The molecular formula is C25H22ClN3O3S2. The van der Waals surface area contributed by atoms with Crippen molar-refractivity contribution < 1.29 is 13.2 Å². The van der Waals surface area contributed by atoms with Crippen LogP contribution in [0, 0.1) is 13.8 Å². The number of amides is 1. The minimum Gasteiger partial charge on any atom is -0.312 e. The van der Waals surface area contributed by atoms with Gasteiger partial charge in [0.25, 0.3) is 15.9 Å². The van der Waals surface area contributed by atoms with Gasteiger partial charge in [0.15, 0.2) is 4.80 Å². The fourth-order valence-electron chi connectivity index (χ4n) is 3.53. The first-order valence-corrected chi connectivity index (χ1v) is 13.1. The summed E-state index contributed by atoms with van der Waals surface area (Å²) in [5.41, 5.74) is 3.03. The number of benzene rings is 3. The molecule has 0 saturated carbocycles. The number of anilines is 1. The van der Waals surface area contributed by atoms with Gasteiger partial charge in [0.05, 0.1) is 26.4 Å². The Bertz CT molecular complexity index is 1580. The second-order valence-electron chi connectivity index (χ2n) is 7.68. The number of fused-ring (bicyclic) bond motifs is 1. The minimum atomic E-state index is -3.88. The summed E-state index contributed by atoms with van der Waals surface area (Å²) in [6.45, 7) is 8.04. The molecule has 34 heavy (non-hydrogen) atoms. The second kappa shape index (κ2) is 9.58. The number of rotatable bonds is 6. The first-order valence-electron chi connectivity index (χ1n) is 10.4. The van der Waals surface area contributed by atoms with Crippen molar-refractivity contribution in [2.24, 2.45) is 4.99 Å². The zero-order valence-electron chi connectivity index (χ0n) is 18.6. The number of aromatic nitrogens is 1. The highest BCUT2D eigenvalue weighted by atomic mass is 35.5. The predicted molar refractivity (Wildman–Crippen MR) is 138 cm³/mol. The molecule has 0 fully saturated rings. The highest BCUT2D eigenvalue weighted by Crippen LogP contribution is 2.27. The van der Waals surface area contributed by atoms with E-state index in [0.717, 1.165) is 21.3 Å². The molecule has 3 aromatic carbocycles. The van der Waals surface area contributed by atoms with E-state index in [9.17, 15) is 13.2 Å². The number of para-hydroxylation sites is 1. The molecule has 0 spiro atoms. The number of allylic oxidation sites excluding steroid dienone is 1. The Morgan fingerprint density at radius 3 is 2.53 bits per heavy atom. The van der Waals surface area contributed by atoms with Crippen LogP contribution in [-0.4, -0.2) is 18.9 Å². The van der Waals surface area contributed by atoms with Gasteiger partial charge in [-0.15, -0.1) is 6.58 Å². The van der Waals surface area contributed by atoms with Crippen LogP contribution in [0.25, 0.3) is 10.2 Å². The molecule has 174 valence electrons. The fraction of sp³-hybridized carbons (Fsp3) is 0.120. The standard InChI is InChI=1S/C25H22ClN3O3S2/c1-4-15-29-23-17(3)20(26)13-14-22(23)33-25(29)27-24(30)19-7-5-6-8-21(19)28-34(31,32)18-11-9-16(2)10-12-18/h4-14,28H,1,15H2,2-3H3. The maximum atomic E-state index is 13.2. The van der Waals surface area contributed by atoms with Gasteiger partial charge >= 0.3 is 0 Å².